The van der Waals surface area contributed by atoms with Crippen LogP contribution in [-0.2, 0) is 19.3 Å². The highest BCUT2D eigenvalue weighted by atomic mass is 35.5. The topological polar surface area (TPSA) is 43.1 Å². The second-order valence-electron chi connectivity index (χ2n) is 3.65. The SMILES string of the molecule is CCc1ccc(C(N)=O)c(CC)c1CC.Cl. The molecule has 2 nitrogen and oxygen atoms in total. The van der Waals surface area contributed by atoms with E-state index in [4.69, 9.17) is 5.73 Å². The van der Waals surface area contributed by atoms with Gasteiger partial charge in [-0.1, -0.05) is 26.8 Å². The van der Waals surface area contributed by atoms with Crippen LogP contribution in [0.3, 0.4) is 0 Å². The van der Waals surface area contributed by atoms with Crippen LogP contribution in [-0.4, -0.2) is 5.91 Å². The van der Waals surface area contributed by atoms with E-state index in [1.807, 2.05) is 12.1 Å². The van der Waals surface area contributed by atoms with Crippen LogP contribution >= 0.6 is 12.4 Å². The van der Waals surface area contributed by atoms with Crippen molar-refractivity contribution in [1.82, 2.24) is 0 Å². The minimum Gasteiger partial charge on any atom is -0.366 e. The van der Waals surface area contributed by atoms with Crippen molar-refractivity contribution in [3.8, 4) is 0 Å². The van der Waals surface area contributed by atoms with Gasteiger partial charge >= 0.3 is 0 Å². The highest BCUT2D eigenvalue weighted by Crippen LogP contribution is 2.21. The van der Waals surface area contributed by atoms with E-state index in [0.717, 1.165) is 24.8 Å². The standard InChI is InChI=1S/C13H19NO.ClH/c1-4-9-7-8-12(13(14)15)11(6-3)10(9)5-2;/h7-8H,4-6H2,1-3H3,(H2,14,15);1H. The molecule has 0 atom stereocenters. The first-order valence-electron chi connectivity index (χ1n) is 5.59. The van der Waals surface area contributed by atoms with Crippen molar-refractivity contribution in [3.63, 3.8) is 0 Å². The maximum absolute atomic E-state index is 11.3. The van der Waals surface area contributed by atoms with E-state index >= 15 is 0 Å². The predicted molar refractivity (Wildman–Crippen MR) is 70.3 cm³/mol. The average molecular weight is 242 g/mol. The van der Waals surface area contributed by atoms with Crippen molar-refractivity contribution in [3.05, 3.63) is 34.4 Å². The van der Waals surface area contributed by atoms with Crippen LogP contribution in [0.2, 0.25) is 0 Å². The van der Waals surface area contributed by atoms with E-state index in [2.05, 4.69) is 20.8 Å². The lowest BCUT2D eigenvalue weighted by Crippen LogP contribution is -2.15. The van der Waals surface area contributed by atoms with Gasteiger partial charge < -0.3 is 5.73 Å². The first-order valence-corrected chi connectivity index (χ1v) is 5.59. The number of nitrogens with two attached hydrogens (primary N) is 1. The Morgan fingerprint density at radius 1 is 1.06 bits per heavy atom. The zero-order valence-electron chi connectivity index (χ0n) is 10.2. The summed E-state index contributed by atoms with van der Waals surface area (Å²) in [7, 11) is 0. The summed E-state index contributed by atoms with van der Waals surface area (Å²) in [5.41, 5.74) is 9.82. The maximum Gasteiger partial charge on any atom is 0.248 e. The Morgan fingerprint density at radius 3 is 2.00 bits per heavy atom. The number of carbonyl (C=O) groups is 1. The summed E-state index contributed by atoms with van der Waals surface area (Å²) in [6.45, 7) is 6.33. The minimum absolute atomic E-state index is 0. The summed E-state index contributed by atoms with van der Waals surface area (Å²) < 4.78 is 0. The molecular formula is C13H20ClNO. The second kappa shape index (κ2) is 6.54. The fraction of sp³-hybridized carbons (Fsp3) is 0.462. The van der Waals surface area contributed by atoms with Crippen molar-refractivity contribution in [1.29, 1.82) is 0 Å². The van der Waals surface area contributed by atoms with Gasteiger partial charge in [-0.2, -0.15) is 0 Å². The summed E-state index contributed by atoms with van der Waals surface area (Å²) in [5, 5.41) is 0. The Labute approximate surface area is 104 Å². The highest BCUT2D eigenvalue weighted by molar-refractivity contribution is 5.94. The Hall–Kier alpha value is -1.02. The van der Waals surface area contributed by atoms with Crippen molar-refractivity contribution in [2.24, 2.45) is 5.73 Å². The van der Waals surface area contributed by atoms with Gasteiger partial charge in [-0.3, -0.25) is 4.79 Å². The summed E-state index contributed by atoms with van der Waals surface area (Å²) in [6.07, 6.45) is 2.85. The number of primary amides is 1. The Kier molecular flexibility index (Phi) is 6.12. The summed E-state index contributed by atoms with van der Waals surface area (Å²) >= 11 is 0. The van der Waals surface area contributed by atoms with E-state index < -0.39 is 0 Å². The van der Waals surface area contributed by atoms with Gasteiger partial charge in [-0.25, -0.2) is 0 Å². The molecule has 3 heteroatoms. The van der Waals surface area contributed by atoms with E-state index in [1.165, 1.54) is 11.1 Å². The fourth-order valence-electron chi connectivity index (χ4n) is 2.15. The molecule has 0 saturated heterocycles. The number of hydrogen-bond donors (Lipinski definition) is 1. The molecule has 0 aliphatic rings. The molecule has 16 heavy (non-hydrogen) atoms. The van der Waals surface area contributed by atoms with E-state index in [-0.39, 0.29) is 18.3 Å². The number of hydrogen-bond acceptors (Lipinski definition) is 1. The van der Waals surface area contributed by atoms with Crippen molar-refractivity contribution >= 4 is 18.3 Å². The van der Waals surface area contributed by atoms with Gasteiger partial charge in [0, 0.05) is 5.56 Å². The molecular weight excluding hydrogens is 222 g/mol. The second-order valence-corrected chi connectivity index (χ2v) is 3.65. The maximum atomic E-state index is 11.3. The number of amides is 1. The van der Waals surface area contributed by atoms with Gasteiger partial charge in [-0.05, 0) is 42.0 Å². The van der Waals surface area contributed by atoms with Gasteiger partial charge in [0.05, 0.1) is 0 Å². The minimum atomic E-state index is -0.316. The number of rotatable bonds is 4. The highest BCUT2D eigenvalue weighted by Gasteiger charge is 2.12. The molecule has 1 amide bonds. The molecule has 0 bridgehead atoms. The molecule has 0 fully saturated rings. The largest absolute Gasteiger partial charge is 0.366 e. The monoisotopic (exact) mass is 241 g/mol. The number of aryl methyl sites for hydroxylation is 1. The Bertz CT molecular complexity index is 374. The lowest BCUT2D eigenvalue weighted by atomic mass is 9.91. The molecule has 0 heterocycles. The molecule has 0 unspecified atom stereocenters. The third kappa shape index (κ3) is 2.76. The van der Waals surface area contributed by atoms with Crippen LogP contribution in [0, 0.1) is 0 Å². The van der Waals surface area contributed by atoms with Crippen LogP contribution in [0.25, 0.3) is 0 Å². The molecule has 2 N–H and O–H groups in total. The Balaban J connectivity index is 0.00000225. The fourth-order valence-corrected chi connectivity index (χ4v) is 2.15. The molecule has 0 radical (unpaired) electrons. The van der Waals surface area contributed by atoms with Crippen molar-refractivity contribution in [2.45, 2.75) is 40.0 Å². The average Bonchev–Trinajstić information content (AvgIpc) is 2.26. The molecule has 0 aliphatic heterocycles. The summed E-state index contributed by atoms with van der Waals surface area (Å²) in [4.78, 5) is 11.3. The van der Waals surface area contributed by atoms with Gasteiger partial charge in [-0.15, -0.1) is 12.4 Å². The van der Waals surface area contributed by atoms with Gasteiger partial charge in [0.2, 0.25) is 5.91 Å². The van der Waals surface area contributed by atoms with Gasteiger partial charge in [0.15, 0.2) is 0 Å². The molecule has 1 rings (SSSR count). The van der Waals surface area contributed by atoms with Crippen molar-refractivity contribution < 1.29 is 4.79 Å². The molecule has 0 spiro atoms. The summed E-state index contributed by atoms with van der Waals surface area (Å²) in [5.74, 6) is -0.316. The number of halogens is 1. The lowest BCUT2D eigenvalue weighted by molar-refractivity contribution is 0.0999. The van der Waals surface area contributed by atoms with Gasteiger partial charge in [0.1, 0.15) is 0 Å². The van der Waals surface area contributed by atoms with Gasteiger partial charge in [0.25, 0.3) is 0 Å². The summed E-state index contributed by atoms with van der Waals surface area (Å²) in [6, 6.07) is 3.89. The lowest BCUT2D eigenvalue weighted by Gasteiger charge is -2.14. The molecule has 0 aromatic heterocycles. The third-order valence-corrected chi connectivity index (χ3v) is 2.88. The van der Waals surface area contributed by atoms with E-state index in [1.54, 1.807) is 0 Å². The zero-order valence-corrected chi connectivity index (χ0v) is 11.0. The molecule has 1 aromatic rings. The van der Waals surface area contributed by atoms with Crippen LogP contribution in [0.5, 0.6) is 0 Å². The van der Waals surface area contributed by atoms with Crippen LogP contribution < -0.4 is 5.73 Å². The molecule has 90 valence electrons. The molecule has 0 aliphatic carbocycles. The third-order valence-electron chi connectivity index (χ3n) is 2.88. The molecule has 1 aromatic carbocycles. The quantitative estimate of drug-likeness (QED) is 0.866. The zero-order chi connectivity index (χ0) is 11.4. The van der Waals surface area contributed by atoms with Crippen LogP contribution in [0.1, 0.15) is 47.8 Å². The number of carbonyl (C=O) groups excluding carboxylic acids is 1. The Morgan fingerprint density at radius 2 is 1.62 bits per heavy atom. The van der Waals surface area contributed by atoms with Crippen molar-refractivity contribution in [2.75, 3.05) is 0 Å². The van der Waals surface area contributed by atoms with Crippen LogP contribution in [0.15, 0.2) is 12.1 Å². The first-order chi connectivity index (χ1) is 7.15. The molecule has 0 saturated carbocycles. The first kappa shape index (κ1) is 15.0. The van der Waals surface area contributed by atoms with E-state index in [0.29, 0.717) is 5.56 Å². The predicted octanol–water partition coefficient (Wildman–Crippen LogP) is 2.89. The smallest absolute Gasteiger partial charge is 0.248 e. The van der Waals surface area contributed by atoms with Crippen LogP contribution in [0.4, 0.5) is 0 Å². The number of benzene rings is 1. The normalized spacial score (nSPS) is 9.69. The van der Waals surface area contributed by atoms with E-state index in [9.17, 15) is 4.79 Å².